The molecule has 5 nitrogen and oxygen atoms in total. The fraction of sp³-hybridized carbons (Fsp3) is 0.733. The number of hydrogen-bond acceptors (Lipinski definition) is 3. The van der Waals surface area contributed by atoms with E-state index < -0.39 is 6.55 Å². The van der Waals surface area contributed by atoms with E-state index in [2.05, 4.69) is 10.3 Å². The van der Waals surface area contributed by atoms with Crippen LogP contribution < -0.4 is 5.32 Å². The third-order valence-corrected chi connectivity index (χ3v) is 4.80. The van der Waals surface area contributed by atoms with Gasteiger partial charge in [-0.2, -0.15) is 8.78 Å². The minimum Gasteiger partial charge on any atom is -0.338 e. The zero-order valence-electron chi connectivity index (χ0n) is 12.7. The summed E-state index contributed by atoms with van der Waals surface area (Å²) in [6.07, 6.45) is 7.57. The van der Waals surface area contributed by atoms with Crippen LogP contribution >= 0.6 is 0 Å². The maximum atomic E-state index is 12.8. The molecule has 0 aromatic carbocycles. The number of halogens is 2. The van der Waals surface area contributed by atoms with Crippen molar-refractivity contribution in [2.24, 2.45) is 5.92 Å². The van der Waals surface area contributed by atoms with Crippen LogP contribution in [0.5, 0.6) is 0 Å². The monoisotopic (exact) mass is 312 g/mol. The Bertz CT molecular complexity index is 521. The molecule has 1 aromatic heterocycles. The highest BCUT2D eigenvalue weighted by molar-refractivity contribution is 5.76. The molecule has 2 bridgehead atoms. The van der Waals surface area contributed by atoms with Crippen LogP contribution in [-0.4, -0.2) is 39.5 Å². The summed E-state index contributed by atoms with van der Waals surface area (Å²) in [7, 11) is 1.66. The number of piperidine rings is 1. The number of carbonyl (C=O) groups excluding carboxylic acids is 1. The van der Waals surface area contributed by atoms with Gasteiger partial charge in [0.1, 0.15) is 5.82 Å². The van der Waals surface area contributed by atoms with Gasteiger partial charge in [-0.05, 0) is 31.6 Å². The molecule has 2 unspecified atom stereocenters. The molecule has 1 amide bonds. The summed E-state index contributed by atoms with van der Waals surface area (Å²) in [6, 6.07) is 1.11. The van der Waals surface area contributed by atoms with Gasteiger partial charge in [0.25, 0.3) is 0 Å². The molecule has 3 rings (SSSR count). The smallest absolute Gasteiger partial charge is 0.319 e. The van der Waals surface area contributed by atoms with Crippen LogP contribution in [-0.2, 0) is 11.3 Å². The Morgan fingerprint density at radius 3 is 2.77 bits per heavy atom. The predicted molar refractivity (Wildman–Crippen MR) is 77.2 cm³/mol. The maximum Gasteiger partial charge on any atom is 0.319 e. The Balaban J connectivity index is 1.54. The lowest BCUT2D eigenvalue weighted by molar-refractivity contribution is -0.131. The van der Waals surface area contributed by atoms with Crippen LogP contribution in [0.25, 0.3) is 0 Å². The molecule has 0 radical (unpaired) electrons. The van der Waals surface area contributed by atoms with Gasteiger partial charge >= 0.3 is 6.55 Å². The average Bonchev–Trinajstić information content (AvgIpc) is 3.05. The highest BCUT2D eigenvalue weighted by Crippen LogP contribution is 2.33. The summed E-state index contributed by atoms with van der Waals surface area (Å²) in [5.41, 5.74) is 0. The summed E-state index contributed by atoms with van der Waals surface area (Å²) in [4.78, 5) is 17.8. The number of fused-ring (bicyclic) bond motifs is 2. The molecule has 0 aliphatic carbocycles. The molecule has 122 valence electrons. The standard InChI is InChI=1S/C15H22F2N4O/c1-20(9-13-18-4-5-21(13)15(16)17)14(22)8-10-6-11-2-3-12(7-10)19-11/h4-5,10-12,15,19H,2-3,6-9H2,1H3. The molecule has 1 N–H and O–H groups in total. The molecule has 2 atom stereocenters. The Morgan fingerprint density at radius 2 is 2.14 bits per heavy atom. The molecular weight excluding hydrogens is 290 g/mol. The van der Waals surface area contributed by atoms with Crippen molar-refractivity contribution in [1.82, 2.24) is 19.8 Å². The number of nitrogens with one attached hydrogen (secondary N) is 1. The highest BCUT2D eigenvalue weighted by atomic mass is 19.3. The Morgan fingerprint density at radius 1 is 1.45 bits per heavy atom. The number of aromatic nitrogens is 2. The summed E-state index contributed by atoms with van der Waals surface area (Å²) in [5.74, 6) is 0.634. The van der Waals surface area contributed by atoms with E-state index in [1.807, 2.05) is 0 Å². The van der Waals surface area contributed by atoms with Crippen LogP contribution in [0.3, 0.4) is 0 Å². The molecule has 22 heavy (non-hydrogen) atoms. The predicted octanol–water partition coefficient (Wildman–Crippen LogP) is 2.16. The second kappa shape index (κ2) is 6.32. The lowest BCUT2D eigenvalue weighted by atomic mass is 9.89. The van der Waals surface area contributed by atoms with Crippen molar-refractivity contribution in [3.05, 3.63) is 18.2 Å². The van der Waals surface area contributed by atoms with E-state index in [1.54, 1.807) is 7.05 Å². The third-order valence-electron chi connectivity index (χ3n) is 4.80. The Labute approximate surface area is 128 Å². The number of rotatable bonds is 5. The molecule has 2 aliphatic heterocycles. The van der Waals surface area contributed by atoms with Crippen molar-refractivity contribution in [1.29, 1.82) is 0 Å². The number of nitrogens with zero attached hydrogens (tertiary/aromatic N) is 3. The first-order chi connectivity index (χ1) is 10.5. The lowest BCUT2D eigenvalue weighted by Crippen LogP contribution is -2.40. The molecule has 2 saturated heterocycles. The van der Waals surface area contributed by atoms with Crippen LogP contribution in [0.1, 0.15) is 44.5 Å². The van der Waals surface area contributed by atoms with Crippen molar-refractivity contribution in [2.45, 2.75) is 57.3 Å². The normalized spacial score (nSPS) is 27.4. The van der Waals surface area contributed by atoms with Crippen molar-refractivity contribution in [3.63, 3.8) is 0 Å². The van der Waals surface area contributed by atoms with Crippen LogP contribution in [0.2, 0.25) is 0 Å². The minimum atomic E-state index is -2.62. The van der Waals surface area contributed by atoms with E-state index >= 15 is 0 Å². The quantitative estimate of drug-likeness (QED) is 0.906. The van der Waals surface area contributed by atoms with E-state index in [-0.39, 0.29) is 18.3 Å². The first-order valence-corrected chi connectivity index (χ1v) is 7.82. The minimum absolute atomic E-state index is 0.00937. The van der Waals surface area contributed by atoms with E-state index in [4.69, 9.17) is 0 Å². The van der Waals surface area contributed by atoms with Gasteiger partial charge in [-0.1, -0.05) is 0 Å². The summed E-state index contributed by atoms with van der Waals surface area (Å²) in [6.45, 7) is -2.50. The maximum absolute atomic E-state index is 12.8. The zero-order chi connectivity index (χ0) is 15.7. The highest BCUT2D eigenvalue weighted by Gasteiger charge is 2.34. The molecule has 2 aliphatic rings. The summed E-state index contributed by atoms with van der Waals surface area (Å²) >= 11 is 0. The zero-order valence-corrected chi connectivity index (χ0v) is 12.7. The van der Waals surface area contributed by atoms with Crippen LogP contribution in [0.4, 0.5) is 8.78 Å². The third kappa shape index (κ3) is 3.29. The first kappa shape index (κ1) is 15.4. The van der Waals surface area contributed by atoms with E-state index in [0.29, 0.717) is 24.4 Å². The number of carbonyl (C=O) groups is 1. The van der Waals surface area contributed by atoms with Crippen molar-refractivity contribution in [3.8, 4) is 0 Å². The second-order valence-electron chi connectivity index (χ2n) is 6.46. The molecule has 7 heteroatoms. The number of imidazole rings is 1. The van der Waals surface area contributed by atoms with Gasteiger partial charge in [0.2, 0.25) is 5.91 Å². The van der Waals surface area contributed by atoms with Gasteiger partial charge in [-0.15, -0.1) is 0 Å². The van der Waals surface area contributed by atoms with Gasteiger partial charge in [0, 0.05) is 37.9 Å². The van der Waals surface area contributed by atoms with Gasteiger partial charge in [0.15, 0.2) is 0 Å². The average molecular weight is 312 g/mol. The number of amides is 1. The second-order valence-corrected chi connectivity index (χ2v) is 6.46. The van der Waals surface area contributed by atoms with E-state index in [0.717, 1.165) is 17.4 Å². The Hall–Kier alpha value is -1.50. The number of hydrogen-bond donors (Lipinski definition) is 1. The van der Waals surface area contributed by atoms with E-state index in [9.17, 15) is 13.6 Å². The van der Waals surface area contributed by atoms with Crippen molar-refractivity contribution < 1.29 is 13.6 Å². The van der Waals surface area contributed by atoms with Gasteiger partial charge in [-0.3, -0.25) is 9.36 Å². The summed E-state index contributed by atoms with van der Waals surface area (Å²) < 4.78 is 26.4. The number of alkyl halides is 2. The van der Waals surface area contributed by atoms with Crippen LogP contribution in [0, 0.1) is 5.92 Å². The van der Waals surface area contributed by atoms with Gasteiger partial charge in [-0.25, -0.2) is 4.98 Å². The SMILES string of the molecule is CN(Cc1nccn1C(F)F)C(=O)CC1CC2CCC(C1)N2. The lowest BCUT2D eigenvalue weighted by Gasteiger charge is -2.29. The largest absolute Gasteiger partial charge is 0.338 e. The molecule has 2 fully saturated rings. The molecule has 1 aromatic rings. The van der Waals surface area contributed by atoms with Crippen molar-refractivity contribution in [2.75, 3.05) is 7.05 Å². The summed E-state index contributed by atoms with van der Waals surface area (Å²) in [5, 5.41) is 3.56. The van der Waals surface area contributed by atoms with Gasteiger partial charge in [0.05, 0.1) is 6.54 Å². The Kier molecular flexibility index (Phi) is 4.42. The molecular formula is C15H22F2N4O. The topological polar surface area (TPSA) is 50.2 Å². The van der Waals surface area contributed by atoms with Crippen molar-refractivity contribution >= 4 is 5.91 Å². The fourth-order valence-electron chi connectivity index (χ4n) is 3.69. The van der Waals surface area contributed by atoms with Gasteiger partial charge < -0.3 is 10.2 Å². The molecule has 0 spiro atoms. The van der Waals surface area contributed by atoms with E-state index in [1.165, 1.54) is 30.1 Å². The fourth-order valence-corrected chi connectivity index (χ4v) is 3.69. The molecule has 3 heterocycles. The van der Waals surface area contributed by atoms with Crippen LogP contribution in [0.15, 0.2) is 12.4 Å². The first-order valence-electron chi connectivity index (χ1n) is 7.82. The molecule has 0 saturated carbocycles.